The van der Waals surface area contributed by atoms with Crippen LogP contribution in [-0.2, 0) is 0 Å². The number of hydrogen-bond acceptors (Lipinski definition) is 4. The fraction of sp³-hybridized carbons (Fsp3) is 0.467. The van der Waals surface area contributed by atoms with E-state index in [2.05, 4.69) is 15.2 Å². The Morgan fingerprint density at radius 2 is 2.25 bits per heavy atom. The Balaban J connectivity index is 1.52. The quantitative estimate of drug-likeness (QED) is 0.902. The number of amides is 1. The molecule has 3 saturated heterocycles. The maximum absolute atomic E-state index is 12.3. The Labute approximate surface area is 117 Å². The zero-order chi connectivity index (χ0) is 13.5. The van der Waals surface area contributed by atoms with Gasteiger partial charge in [0.1, 0.15) is 5.58 Å². The third-order valence-electron chi connectivity index (χ3n) is 4.51. The van der Waals surface area contributed by atoms with Gasteiger partial charge in [-0.25, -0.2) is 0 Å². The van der Waals surface area contributed by atoms with Gasteiger partial charge in [-0.3, -0.25) is 9.78 Å². The van der Waals surface area contributed by atoms with Gasteiger partial charge in [0, 0.05) is 30.4 Å². The van der Waals surface area contributed by atoms with Crippen LogP contribution in [0.15, 0.2) is 28.9 Å². The summed E-state index contributed by atoms with van der Waals surface area (Å²) in [7, 11) is 0. The number of aromatic nitrogens is 1. The van der Waals surface area contributed by atoms with Crippen LogP contribution < -0.4 is 5.32 Å². The fourth-order valence-electron chi connectivity index (χ4n) is 3.36. The molecule has 0 aliphatic carbocycles. The standard InChI is InChI=1S/C15H17N3O2/c19-15(14-7-11-8-16-4-1-13(11)20-14)17-12-9-18-5-2-10(12)3-6-18/h1,4,7-8,10,12H,2-3,5-6,9H2,(H,17,19)/t12-/m0/s1. The Kier molecular flexibility index (Phi) is 2.73. The minimum Gasteiger partial charge on any atom is -0.451 e. The van der Waals surface area contributed by atoms with Crippen LogP contribution in [0.2, 0.25) is 0 Å². The van der Waals surface area contributed by atoms with Crippen molar-refractivity contribution in [3.8, 4) is 0 Å². The van der Waals surface area contributed by atoms with Crippen molar-refractivity contribution in [2.75, 3.05) is 19.6 Å². The third-order valence-corrected chi connectivity index (χ3v) is 4.51. The number of hydrogen-bond donors (Lipinski definition) is 1. The second kappa shape index (κ2) is 4.59. The number of nitrogens with zero attached hydrogens (tertiary/aromatic N) is 2. The predicted molar refractivity (Wildman–Crippen MR) is 74.4 cm³/mol. The lowest BCUT2D eigenvalue weighted by Crippen LogP contribution is -2.57. The molecule has 0 aromatic carbocycles. The first-order chi connectivity index (χ1) is 9.79. The van der Waals surface area contributed by atoms with Crippen LogP contribution in [0.1, 0.15) is 23.4 Å². The zero-order valence-corrected chi connectivity index (χ0v) is 11.2. The Morgan fingerprint density at radius 3 is 2.95 bits per heavy atom. The molecule has 20 heavy (non-hydrogen) atoms. The lowest BCUT2D eigenvalue weighted by atomic mass is 9.84. The fourth-order valence-corrected chi connectivity index (χ4v) is 3.36. The molecule has 5 heterocycles. The van der Waals surface area contributed by atoms with Crippen LogP contribution in [0.5, 0.6) is 0 Å². The molecule has 104 valence electrons. The number of rotatable bonds is 2. The van der Waals surface area contributed by atoms with Crippen molar-refractivity contribution in [2.45, 2.75) is 18.9 Å². The smallest absolute Gasteiger partial charge is 0.287 e. The molecule has 3 fully saturated rings. The number of pyridine rings is 1. The predicted octanol–water partition coefficient (Wildman–Crippen LogP) is 1.65. The van der Waals surface area contributed by atoms with E-state index in [0.29, 0.717) is 17.3 Å². The number of fused-ring (bicyclic) bond motifs is 4. The van der Waals surface area contributed by atoms with E-state index < -0.39 is 0 Å². The van der Waals surface area contributed by atoms with Gasteiger partial charge in [0.05, 0.1) is 0 Å². The van der Waals surface area contributed by atoms with Crippen LogP contribution in [0, 0.1) is 5.92 Å². The van der Waals surface area contributed by atoms with Gasteiger partial charge in [0.25, 0.3) is 5.91 Å². The Bertz CT molecular complexity index is 610. The Morgan fingerprint density at radius 1 is 1.40 bits per heavy atom. The van der Waals surface area contributed by atoms with Crippen molar-refractivity contribution >= 4 is 16.9 Å². The van der Waals surface area contributed by atoms with Crippen molar-refractivity contribution < 1.29 is 9.21 Å². The minimum absolute atomic E-state index is 0.111. The van der Waals surface area contributed by atoms with E-state index in [4.69, 9.17) is 4.42 Å². The molecule has 3 aliphatic heterocycles. The van der Waals surface area contributed by atoms with Gasteiger partial charge < -0.3 is 14.6 Å². The third kappa shape index (κ3) is 1.98. The summed E-state index contributed by atoms with van der Waals surface area (Å²) in [6, 6.07) is 3.80. The number of carbonyl (C=O) groups is 1. The highest BCUT2D eigenvalue weighted by atomic mass is 16.3. The highest BCUT2D eigenvalue weighted by Crippen LogP contribution is 2.28. The van der Waals surface area contributed by atoms with Crippen molar-refractivity contribution in [1.82, 2.24) is 15.2 Å². The molecular weight excluding hydrogens is 254 g/mol. The molecular formula is C15H17N3O2. The van der Waals surface area contributed by atoms with Crippen LogP contribution in [0.25, 0.3) is 11.0 Å². The molecule has 5 rings (SSSR count). The second-order valence-corrected chi connectivity index (χ2v) is 5.74. The molecule has 5 nitrogen and oxygen atoms in total. The summed E-state index contributed by atoms with van der Waals surface area (Å²) in [6.45, 7) is 3.32. The second-order valence-electron chi connectivity index (χ2n) is 5.74. The summed E-state index contributed by atoms with van der Waals surface area (Å²) in [6.07, 6.45) is 5.76. The molecule has 2 aromatic heterocycles. The van der Waals surface area contributed by atoms with Crippen molar-refractivity contribution in [2.24, 2.45) is 5.92 Å². The highest BCUT2D eigenvalue weighted by Gasteiger charge is 2.35. The molecule has 0 saturated carbocycles. The molecule has 1 atom stereocenters. The minimum atomic E-state index is -0.111. The average molecular weight is 271 g/mol. The first-order valence-electron chi connectivity index (χ1n) is 7.16. The number of carbonyl (C=O) groups excluding carboxylic acids is 1. The number of piperidine rings is 3. The Hall–Kier alpha value is -1.88. The lowest BCUT2D eigenvalue weighted by molar-refractivity contribution is 0.0607. The summed E-state index contributed by atoms with van der Waals surface area (Å²) in [5.74, 6) is 0.888. The number of furan rings is 1. The van der Waals surface area contributed by atoms with Gasteiger partial charge in [-0.2, -0.15) is 0 Å². The monoisotopic (exact) mass is 271 g/mol. The van der Waals surface area contributed by atoms with Crippen molar-refractivity contribution in [1.29, 1.82) is 0 Å². The van der Waals surface area contributed by atoms with E-state index in [1.54, 1.807) is 24.5 Å². The van der Waals surface area contributed by atoms with Crippen LogP contribution >= 0.6 is 0 Å². The normalized spacial score (nSPS) is 28.7. The van der Waals surface area contributed by atoms with Crippen LogP contribution in [0.3, 0.4) is 0 Å². The van der Waals surface area contributed by atoms with E-state index in [-0.39, 0.29) is 11.9 Å². The molecule has 2 aromatic rings. The molecule has 1 amide bonds. The van der Waals surface area contributed by atoms with Gasteiger partial charge >= 0.3 is 0 Å². The zero-order valence-electron chi connectivity index (χ0n) is 11.2. The van der Waals surface area contributed by atoms with E-state index >= 15 is 0 Å². The molecule has 0 unspecified atom stereocenters. The average Bonchev–Trinajstić information content (AvgIpc) is 2.92. The van der Waals surface area contributed by atoms with Crippen LogP contribution in [-0.4, -0.2) is 41.5 Å². The summed E-state index contributed by atoms with van der Waals surface area (Å²) in [5, 5.41) is 4.00. The van der Waals surface area contributed by atoms with E-state index in [0.717, 1.165) is 11.9 Å². The molecule has 3 aliphatic rings. The summed E-state index contributed by atoms with van der Waals surface area (Å²) >= 11 is 0. The van der Waals surface area contributed by atoms with E-state index in [1.807, 2.05) is 0 Å². The first-order valence-corrected chi connectivity index (χ1v) is 7.16. The van der Waals surface area contributed by atoms with E-state index in [1.165, 1.54) is 25.9 Å². The van der Waals surface area contributed by atoms with E-state index in [9.17, 15) is 4.79 Å². The van der Waals surface area contributed by atoms with Gasteiger partial charge in [0.15, 0.2) is 5.76 Å². The largest absolute Gasteiger partial charge is 0.451 e. The topological polar surface area (TPSA) is 58.4 Å². The molecule has 0 radical (unpaired) electrons. The molecule has 5 heteroatoms. The van der Waals surface area contributed by atoms with Crippen LogP contribution in [0.4, 0.5) is 0 Å². The number of nitrogens with one attached hydrogen (secondary N) is 1. The van der Waals surface area contributed by atoms with Gasteiger partial charge in [-0.05, 0) is 44.0 Å². The SMILES string of the molecule is O=C(N[C@H]1CN2CCC1CC2)c1cc2cnccc2o1. The van der Waals surface area contributed by atoms with Crippen molar-refractivity contribution in [3.63, 3.8) is 0 Å². The molecule has 0 spiro atoms. The summed E-state index contributed by atoms with van der Waals surface area (Å²) in [5.41, 5.74) is 0.707. The van der Waals surface area contributed by atoms with Crippen molar-refractivity contribution in [3.05, 3.63) is 30.3 Å². The highest BCUT2D eigenvalue weighted by molar-refractivity contribution is 5.96. The summed E-state index contributed by atoms with van der Waals surface area (Å²) < 4.78 is 5.59. The van der Waals surface area contributed by atoms with Gasteiger partial charge in [0.2, 0.25) is 0 Å². The maximum Gasteiger partial charge on any atom is 0.287 e. The molecule has 2 bridgehead atoms. The maximum atomic E-state index is 12.3. The lowest BCUT2D eigenvalue weighted by Gasteiger charge is -2.44. The van der Waals surface area contributed by atoms with Gasteiger partial charge in [-0.15, -0.1) is 0 Å². The molecule has 1 N–H and O–H groups in total. The summed E-state index contributed by atoms with van der Waals surface area (Å²) in [4.78, 5) is 18.8. The first kappa shape index (κ1) is 11.9. The van der Waals surface area contributed by atoms with Gasteiger partial charge in [-0.1, -0.05) is 0 Å².